The standard InChI is InChI=1S/C6H5ClO2S/c7-6-2-1-5(10-6)4(9)3-8/h1-2,8H,3H2. The molecular formula is C6H5ClO2S. The van der Waals surface area contributed by atoms with E-state index >= 15 is 0 Å². The fraction of sp³-hybridized carbons (Fsp3) is 0.167. The van der Waals surface area contributed by atoms with Crippen molar-refractivity contribution in [2.24, 2.45) is 0 Å². The lowest BCUT2D eigenvalue weighted by Crippen LogP contribution is -2.00. The number of halogens is 1. The van der Waals surface area contributed by atoms with Gasteiger partial charge < -0.3 is 5.11 Å². The summed E-state index contributed by atoms with van der Waals surface area (Å²) in [7, 11) is 0. The molecule has 0 spiro atoms. The van der Waals surface area contributed by atoms with E-state index < -0.39 is 6.61 Å². The lowest BCUT2D eigenvalue weighted by atomic mass is 10.3. The lowest BCUT2D eigenvalue weighted by molar-refractivity contribution is 0.0908. The van der Waals surface area contributed by atoms with Crippen molar-refractivity contribution in [3.05, 3.63) is 21.3 Å². The van der Waals surface area contributed by atoms with Crippen molar-refractivity contribution in [2.75, 3.05) is 6.61 Å². The second-order valence-corrected chi connectivity index (χ2v) is 3.40. The van der Waals surface area contributed by atoms with Crippen molar-refractivity contribution >= 4 is 28.7 Å². The van der Waals surface area contributed by atoms with Crippen LogP contribution in [0.15, 0.2) is 12.1 Å². The highest BCUT2D eigenvalue weighted by Crippen LogP contribution is 2.21. The molecule has 0 aliphatic carbocycles. The summed E-state index contributed by atoms with van der Waals surface area (Å²) >= 11 is 6.72. The van der Waals surface area contributed by atoms with Crippen molar-refractivity contribution in [1.82, 2.24) is 0 Å². The Bertz CT molecular complexity index is 244. The second-order valence-electron chi connectivity index (χ2n) is 1.69. The van der Waals surface area contributed by atoms with Gasteiger partial charge in [-0.2, -0.15) is 0 Å². The van der Waals surface area contributed by atoms with Crippen molar-refractivity contribution in [3.8, 4) is 0 Å². The third-order valence-electron chi connectivity index (χ3n) is 0.992. The topological polar surface area (TPSA) is 37.3 Å². The zero-order valence-electron chi connectivity index (χ0n) is 5.00. The number of hydrogen-bond acceptors (Lipinski definition) is 3. The monoisotopic (exact) mass is 176 g/mol. The van der Waals surface area contributed by atoms with Crippen molar-refractivity contribution in [2.45, 2.75) is 0 Å². The van der Waals surface area contributed by atoms with Crippen LogP contribution in [0.1, 0.15) is 9.67 Å². The van der Waals surface area contributed by atoms with E-state index in [4.69, 9.17) is 16.7 Å². The molecule has 0 aromatic carbocycles. The van der Waals surface area contributed by atoms with Crippen LogP contribution in [-0.2, 0) is 0 Å². The minimum absolute atomic E-state index is 0.281. The summed E-state index contributed by atoms with van der Waals surface area (Å²) in [6, 6.07) is 3.24. The molecule has 0 amide bonds. The minimum Gasteiger partial charge on any atom is -0.388 e. The van der Waals surface area contributed by atoms with Gasteiger partial charge in [-0.05, 0) is 12.1 Å². The van der Waals surface area contributed by atoms with Crippen LogP contribution in [0.3, 0.4) is 0 Å². The Balaban J connectivity index is 2.85. The van der Waals surface area contributed by atoms with Crippen LogP contribution in [0.25, 0.3) is 0 Å². The van der Waals surface area contributed by atoms with Crippen molar-refractivity contribution < 1.29 is 9.90 Å². The first-order valence-electron chi connectivity index (χ1n) is 2.63. The van der Waals surface area contributed by atoms with Crippen LogP contribution >= 0.6 is 22.9 Å². The van der Waals surface area contributed by atoms with Gasteiger partial charge >= 0.3 is 0 Å². The normalized spacial score (nSPS) is 9.80. The molecule has 0 saturated carbocycles. The van der Waals surface area contributed by atoms with Gasteiger partial charge in [0.1, 0.15) is 6.61 Å². The number of Topliss-reactive ketones (excluding diaryl/α,β-unsaturated/α-hetero) is 1. The van der Waals surface area contributed by atoms with E-state index in [0.717, 1.165) is 0 Å². The second kappa shape index (κ2) is 3.14. The highest BCUT2D eigenvalue weighted by atomic mass is 35.5. The molecule has 4 heteroatoms. The molecule has 10 heavy (non-hydrogen) atoms. The fourth-order valence-electron chi connectivity index (χ4n) is 0.542. The first-order valence-corrected chi connectivity index (χ1v) is 3.83. The van der Waals surface area contributed by atoms with Gasteiger partial charge in [0.2, 0.25) is 0 Å². The quantitative estimate of drug-likeness (QED) is 0.695. The van der Waals surface area contributed by atoms with Gasteiger partial charge in [-0.25, -0.2) is 0 Å². The molecule has 0 aliphatic rings. The summed E-state index contributed by atoms with van der Waals surface area (Å²) in [5.41, 5.74) is 0. The van der Waals surface area contributed by atoms with Crippen LogP contribution in [0, 0.1) is 0 Å². The predicted molar refractivity (Wildman–Crippen MR) is 40.7 cm³/mol. The Hall–Kier alpha value is -0.380. The highest BCUT2D eigenvalue weighted by molar-refractivity contribution is 7.18. The summed E-state index contributed by atoms with van der Waals surface area (Å²) in [6.07, 6.45) is 0. The van der Waals surface area contributed by atoms with Crippen molar-refractivity contribution in [1.29, 1.82) is 0 Å². The van der Waals surface area contributed by atoms with E-state index in [2.05, 4.69) is 0 Å². The third-order valence-corrected chi connectivity index (χ3v) is 2.26. The van der Waals surface area contributed by atoms with Crippen LogP contribution < -0.4 is 0 Å². The number of thiophene rings is 1. The van der Waals surface area contributed by atoms with Crippen LogP contribution in [0.4, 0.5) is 0 Å². The van der Waals surface area contributed by atoms with Gasteiger partial charge in [0, 0.05) is 0 Å². The first kappa shape index (κ1) is 7.72. The Morgan fingerprint density at radius 2 is 2.40 bits per heavy atom. The number of aliphatic hydroxyl groups is 1. The molecular weight excluding hydrogens is 172 g/mol. The van der Waals surface area contributed by atoms with Gasteiger partial charge in [0.25, 0.3) is 0 Å². The summed E-state index contributed by atoms with van der Waals surface area (Å²) < 4.78 is 0.566. The Kier molecular flexibility index (Phi) is 2.43. The van der Waals surface area contributed by atoms with E-state index in [1.54, 1.807) is 12.1 Å². The molecule has 0 fully saturated rings. The van der Waals surface area contributed by atoms with Crippen LogP contribution in [-0.4, -0.2) is 17.5 Å². The van der Waals surface area contributed by atoms with Crippen LogP contribution in [0.2, 0.25) is 4.34 Å². The van der Waals surface area contributed by atoms with Gasteiger partial charge in [0.05, 0.1) is 9.21 Å². The summed E-state index contributed by atoms with van der Waals surface area (Å²) in [6.45, 7) is -0.448. The van der Waals surface area contributed by atoms with Crippen molar-refractivity contribution in [3.63, 3.8) is 0 Å². The third kappa shape index (κ3) is 1.56. The molecule has 0 aliphatic heterocycles. The zero-order valence-corrected chi connectivity index (χ0v) is 6.58. The van der Waals surface area contributed by atoms with E-state index in [0.29, 0.717) is 9.21 Å². The largest absolute Gasteiger partial charge is 0.388 e. The van der Waals surface area contributed by atoms with Gasteiger partial charge in [-0.15, -0.1) is 11.3 Å². The maximum atomic E-state index is 10.7. The summed E-state index contributed by atoms with van der Waals surface area (Å²) in [4.78, 5) is 11.2. The summed E-state index contributed by atoms with van der Waals surface area (Å²) in [5, 5.41) is 8.41. The number of carbonyl (C=O) groups excluding carboxylic acids is 1. The number of carbonyl (C=O) groups is 1. The molecule has 0 saturated heterocycles. The fourth-order valence-corrected chi connectivity index (χ4v) is 1.52. The Morgan fingerprint density at radius 3 is 2.80 bits per heavy atom. The number of aliphatic hydroxyl groups excluding tert-OH is 1. The highest BCUT2D eigenvalue weighted by Gasteiger charge is 2.05. The molecule has 0 atom stereocenters. The minimum atomic E-state index is -0.448. The molecule has 1 heterocycles. The maximum absolute atomic E-state index is 10.7. The summed E-state index contributed by atoms with van der Waals surface area (Å²) in [5.74, 6) is -0.281. The predicted octanol–water partition coefficient (Wildman–Crippen LogP) is 1.58. The molecule has 0 unspecified atom stereocenters. The molecule has 2 nitrogen and oxygen atoms in total. The van der Waals surface area contributed by atoms with E-state index in [-0.39, 0.29) is 5.78 Å². The smallest absolute Gasteiger partial charge is 0.198 e. The molecule has 1 aromatic rings. The van der Waals surface area contributed by atoms with Gasteiger partial charge in [-0.1, -0.05) is 11.6 Å². The average molecular weight is 177 g/mol. The molecule has 0 bridgehead atoms. The zero-order chi connectivity index (χ0) is 7.56. The number of hydrogen-bond donors (Lipinski definition) is 1. The van der Waals surface area contributed by atoms with Crippen LogP contribution in [0.5, 0.6) is 0 Å². The molecule has 1 N–H and O–H groups in total. The maximum Gasteiger partial charge on any atom is 0.198 e. The van der Waals surface area contributed by atoms with Gasteiger partial charge in [0.15, 0.2) is 5.78 Å². The SMILES string of the molecule is O=C(CO)c1ccc(Cl)s1. The number of ketones is 1. The molecule has 1 aromatic heterocycles. The number of rotatable bonds is 2. The average Bonchev–Trinajstić information content (AvgIpc) is 2.34. The van der Waals surface area contributed by atoms with E-state index in [1.165, 1.54) is 11.3 Å². The molecule has 0 radical (unpaired) electrons. The van der Waals surface area contributed by atoms with E-state index in [9.17, 15) is 4.79 Å². The lowest BCUT2D eigenvalue weighted by Gasteiger charge is -1.86. The first-order chi connectivity index (χ1) is 4.74. The van der Waals surface area contributed by atoms with E-state index in [1.807, 2.05) is 0 Å². The molecule has 54 valence electrons. The van der Waals surface area contributed by atoms with Gasteiger partial charge in [-0.3, -0.25) is 4.79 Å². The Labute approximate surface area is 67.1 Å². The molecule has 1 rings (SSSR count). The Morgan fingerprint density at radius 1 is 1.70 bits per heavy atom.